The van der Waals surface area contributed by atoms with Crippen molar-refractivity contribution in [2.75, 3.05) is 39.8 Å². The van der Waals surface area contributed by atoms with Gasteiger partial charge in [0.15, 0.2) is 0 Å². The molecule has 0 aromatic heterocycles. The Morgan fingerprint density at radius 1 is 1.33 bits per heavy atom. The van der Waals surface area contributed by atoms with Crippen molar-refractivity contribution in [3.8, 4) is 0 Å². The van der Waals surface area contributed by atoms with Crippen molar-refractivity contribution in [2.45, 2.75) is 31.7 Å². The Hall–Kier alpha value is -0.120. The van der Waals surface area contributed by atoms with Gasteiger partial charge in [-0.25, -0.2) is 0 Å². The average Bonchev–Trinajstić information content (AvgIpc) is 2.23. The van der Waals surface area contributed by atoms with Gasteiger partial charge in [0.05, 0.1) is 0 Å². The topological polar surface area (TPSA) is 27.3 Å². The van der Waals surface area contributed by atoms with Crippen LogP contribution >= 0.6 is 0 Å². The lowest BCUT2D eigenvalue weighted by atomic mass is 9.78. The Morgan fingerprint density at radius 3 is 2.60 bits per heavy atom. The molecule has 0 amide bonds. The van der Waals surface area contributed by atoms with E-state index in [1.165, 1.54) is 58.4 Å². The van der Waals surface area contributed by atoms with Crippen LogP contribution in [0.2, 0.25) is 0 Å². The van der Waals surface area contributed by atoms with Gasteiger partial charge in [0.2, 0.25) is 0 Å². The summed E-state index contributed by atoms with van der Waals surface area (Å²) in [5, 5.41) is 6.91. The third-order valence-corrected chi connectivity index (χ3v) is 4.06. The third-order valence-electron chi connectivity index (χ3n) is 4.06. The molecule has 1 atom stereocenters. The largest absolute Gasteiger partial charge is 0.317 e. The second-order valence-electron chi connectivity index (χ2n) is 4.97. The Morgan fingerprint density at radius 2 is 2.07 bits per heavy atom. The highest BCUT2D eigenvalue weighted by Crippen LogP contribution is 2.30. The second kappa shape index (κ2) is 5.83. The van der Waals surface area contributed by atoms with E-state index in [9.17, 15) is 0 Å². The van der Waals surface area contributed by atoms with E-state index in [1.54, 1.807) is 0 Å². The molecule has 0 aromatic carbocycles. The zero-order valence-corrected chi connectivity index (χ0v) is 9.97. The van der Waals surface area contributed by atoms with Crippen LogP contribution in [0.5, 0.6) is 0 Å². The minimum atomic E-state index is 0.772. The first-order valence-electron chi connectivity index (χ1n) is 6.50. The van der Waals surface area contributed by atoms with Crippen LogP contribution in [0.4, 0.5) is 0 Å². The second-order valence-corrected chi connectivity index (χ2v) is 4.97. The standard InChI is InChI=1S/C12H25N3/c1-13-12(11-3-2-4-11)5-8-15-9-6-14-7-10-15/h11-14H,2-10H2,1H3. The molecule has 0 aromatic rings. The van der Waals surface area contributed by atoms with Crippen LogP contribution in [0.25, 0.3) is 0 Å². The van der Waals surface area contributed by atoms with Gasteiger partial charge in [-0.15, -0.1) is 0 Å². The predicted molar refractivity (Wildman–Crippen MR) is 64.1 cm³/mol. The molecule has 0 bridgehead atoms. The van der Waals surface area contributed by atoms with Crippen LogP contribution in [0.15, 0.2) is 0 Å². The van der Waals surface area contributed by atoms with Gasteiger partial charge in [-0.3, -0.25) is 0 Å². The number of piperazine rings is 1. The molecule has 1 saturated heterocycles. The summed E-state index contributed by atoms with van der Waals surface area (Å²) in [4.78, 5) is 2.60. The Balaban J connectivity index is 1.65. The number of hydrogen-bond acceptors (Lipinski definition) is 3. The van der Waals surface area contributed by atoms with Gasteiger partial charge in [0.25, 0.3) is 0 Å². The maximum Gasteiger partial charge on any atom is 0.0107 e. The summed E-state index contributed by atoms with van der Waals surface area (Å²) in [5.74, 6) is 0.970. The van der Waals surface area contributed by atoms with Crippen molar-refractivity contribution in [1.29, 1.82) is 0 Å². The fourth-order valence-corrected chi connectivity index (χ4v) is 2.71. The highest BCUT2D eigenvalue weighted by Gasteiger charge is 2.26. The molecule has 1 saturated carbocycles. The van der Waals surface area contributed by atoms with Gasteiger partial charge >= 0.3 is 0 Å². The quantitative estimate of drug-likeness (QED) is 0.700. The highest BCUT2D eigenvalue weighted by atomic mass is 15.2. The zero-order chi connectivity index (χ0) is 10.5. The van der Waals surface area contributed by atoms with Crippen molar-refractivity contribution in [3.63, 3.8) is 0 Å². The lowest BCUT2D eigenvalue weighted by molar-refractivity contribution is 0.184. The molecule has 0 radical (unpaired) electrons. The molecule has 2 fully saturated rings. The maximum absolute atomic E-state index is 3.50. The normalized spacial score (nSPS) is 26.2. The summed E-state index contributed by atoms with van der Waals surface area (Å²) in [6.45, 7) is 6.10. The van der Waals surface area contributed by atoms with Gasteiger partial charge in [-0.05, 0) is 38.8 Å². The van der Waals surface area contributed by atoms with Crippen LogP contribution in [0.3, 0.4) is 0 Å². The van der Waals surface area contributed by atoms with Gasteiger partial charge in [-0.2, -0.15) is 0 Å². The molecule has 0 spiro atoms. The first-order valence-corrected chi connectivity index (χ1v) is 6.50. The summed E-state index contributed by atoms with van der Waals surface area (Å²) in [6, 6.07) is 0.772. The molecule has 1 aliphatic carbocycles. The monoisotopic (exact) mass is 211 g/mol. The Bertz CT molecular complexity index is 174. The van der Waals surface area contributed by atoms with Crippen molar-refractivity contribution >= 4 is 0 Å². The molecule has 2 N–H and O–H groups in total. The number of nitrogens with zero attached hydrogens (tertiary/aromatic N) is 1. The Labute approximate surface area is 93.6 Å². The lowest BCUT2D eigenvalue weighted by Crippen LogP contribution is -2.46. The molecule has 1 unspecified atom stereocenters. The first kappa shape index (κ1) is 11.4. The van der Waals surface area contributed by atoms with Crippen LogP contribution in [-0.2, 0) is 0 Å². The van der Waals surface area contributed by atoms with E-state index in [1.807, 2.05) is 0 Å². The molecule has 1 aliphatic heterocycles. The van der Waals surface area contributed by atoms with E-state index in [-0.39, 0.29) is 0 Å². The van der Waals surface area contributed by atoms with Crippen LogP contribution in [0, 0.1) is 5.92 Å². The zero-order valence-electron chi connectivity index (χ0n) is 9.97. The lowest BCUT2D eigenvalue weighted by Gasteiger charge is -2.35. The van der Waals surface area contributed by atoms with E-state index in [0.717, 1.165) is 12.0 Å². The summed E-state index contributed by atoms with van der Waals surface area (Å²) in [7, 11) is 2.13. The highest BCUT2D eigenvalue weighted by molar-refractivity contribution is 4.83. The first-order chi connectivity index (χ1) is 7.40. The molecule has 2 rings (SSSR count). The number of rotatable bonds is 5. The molecular formula is C12H25N3. The molecule has 1 heterocycles. The smallest absolute Gasteiger partial charge is 0.0107 e. The fraction of sp³-hybridized carbons (Fsp3) is 1.00. The minimum Gasteiger partial charge on any atom is -0.317 e. The van der Waals surface area contributed by atoms with E-state index < -0.39 is 0 Å². The summed E-state index contributed by atoms with van der Waals surface area (Å²) >= 11 is 0. The third kappa shape index (κ3) is 3.16. The van der Waals surface area contributed by atoms with Crippen molar-refractivity contribution in [3.05, 3.63) is 0 Å². The SMILES string of the molecule is CNC(CCN1CCNCC1)C1CCC1. The molecule has 2 aliphatic rings. The van der Waals surface area contributed by atoms with Gasteiger partial charge < -0.3 is 15.5 Å². The van der Waals surface area contributed by atoms with Crippen LogP contribution in [0.1, 0.15) is 25.7 Å². The molecule has 3 nitrogen and oxygen atoms in total. The fourth-order valence-electron chi connectivity index (χ4n) is 2.71. The number of hydrogen-bond donors (Lipinski definition) is 2. The van der Waals surface area contributed by atoms with E-state index >= 15 is 0 Å². The average molecular weight is 211 g/mol. The predicted octanol–water partition coefficient (Wildman–Crippen LogP) is 0.670. The summed E-state index contributed by atoms with van der Waals surface area (Å²) < 4.78 is 0. The van der Waals surface area contributed by atoms with E-state index in [2.05, 4.69) is 22.6 Å². The molecule has 88 valence electrons. The van der Waals surface area contributed by atoms with Crippen LogP contribution in [-0.4, -0.2) is 50.7 Å². The van der Waals surface area contributed by atoms with Crippen molar-refractivity contribution in [2.24, 2.45) is 5.92 Å². The van der Waals surface area contributed by atoms with E-state index in [4.69, 9.17) is 0 Å². The van der Waals surface area contributed by atoms with Crippen molar-refractivity contribution in [1.82, 2.24) is 15.5 Å². The molecule has 3 heteroatoms. The van der Waals surface area contributed by atoms with Gasteiger partial charge in [0.1, 0.15) is 0 Å². The molecular weight excluding hydrogens is 186 g/mol. The summed E-state index contributed by atoms with van der Waals surface area (Å²) in [6.07, 6.45) is 5.69. The van der Waals surface area contributed by atoms with Crippen molar-refractivity contribution < 1.29 is 0 Å². The van der Waals surface area contributed by atoms with Gasteiger partial charge in [-0.1, -0.05) is 6.42 Å². The van der Waals surface area contributed by atoms with Crippen LogP contribution < -0.4 is 10.6 Å². The maximum atomic E-state index is 3.50. The minimum absolute atomic E-state index is 0.772. The summed E-state index contributed by atoms with van der Waals surface area (Å²) in [5.41, 5.74) is 0. The Kier molecular flexibility index (Phi) is 4.42. The van der Waals surface area contributed by atoms with E-state index in [0.29, 0.717) is 0 Å². The van der Waals surface area contributed by atoms with Gasteiger partial charge in [0, 0.05) is 32.2 Å². The molecule has 15 heavy (non-hydrogen) atoms. The number of nitrogens with one attached hydrogen (secondary N) is 2.